The lowest BCUT2D eigenvalue weighted by atomic mass is 10.1. The van der Waals surface area contributed by atoms with Crippen LogP contribution in [0.4, 0.5) is 11.4 Å². The smallest absolute Gasteiger partial charge is 0.255 e. The van der Waals surface area contributed by atoms with Gasteiger partial charge in [0.15, 0.2) is 0 Å². The van der Waals surface area contributed by atoms with Crippen LogP contribution in [-0.4, -0.2) is 24.9 Å². The molecule has 0 unspecified atom stereocenters. The van der Waals surface area contributed by atoms with E-state index in [2.05, 4.69) is 15.5 Å². The molecule has 4 rings (SSSR count). The van der Waals surface area contributed by atoms with Crippen molar-refractivity contribution < 1.29 is 9.59 Å². The van der Waals surface area contributed by atoms with Crippen LogP contribution in [-0.2, 0) is 0 Å². The third kappa shape index (κ3) is 5.17. The maximum Gasteiger partial charge on any atom is 0.255 e. The highest BCUT2D eigenvalue weighted by Gasteiger charge is 2.17. The lowest BCUT2D eigenvalue weighted by Crippen LogP contribution is -2.29. The number of piperidine rings is 1. The molecule has 1 heterocycles. The molecular formula is C27H29N3O2. The first-order chi connectivity index (χ1) is 15.6. The number of nitrogens with one attached hydrogen (secondary N) is 2. The highest BCUT2D eigenvalue weighted by molar-refractivity contribution is 6.09. The molecule has 32 heavy (non-hydrogen) atoms. The van der Waals surface area contributed by atoms with Crippen LogP contribution in [0.3, 0.4) is 0 Å². The molecule has 164 valence electrons. The second kappa shape index (κ2) is 10.1. The fraction of sp³-hybridized carbons (Fsp3) is 0.259. The average molecular weight is 428 g/mol. The summed E-state index contributed by atoms with van der Waals surface area (Å²) < 4.78 is 0. The van der Waals surface area contributed by atoms with E-state index in [0.717, 1.165) is 24.3 Å². The fourth-order valence-electron chi connectivity index (χ4n) is 4.06. The van der Waals surface area contributed by atoms with E-state index in [0.29, 0.717) is 16.8 Å². The van der Waals surface area contributed by atoms with E-state index in [-0.39, 0.29) is 17.9 Å². The molecule has 0 aromatic heterocycles. The number of rotatable bonds is 6. The molecule has 1 aliphatic heterocycles. The number of carbonyl (C=O) groups is 2. The van der Waals surface area contributed by atoms with Crippen molar-refractivity contribution in [3.05, 3.63) is 95.6 Å². The number of para-hydroxylation sites is 1. The van der Waals surface area contributed by atoms with Crippen LogP contribution >= 0.6 is 0 Å². The number of amides is 2. The second-order valence-corrected chi connectivity index (χ2v) is 8.20. The first kappa shape index (κ1) is 21.6. The summed E-state index contributed by atoms with van der Waals surface area (Å²) in [6.07, 6.45) is 3.71. The van der Waals surface area contributed by atoms with Crippen LogP contribution in [0, 0.1) is 0 Å². The standard InChI is InChI=1S/C27H29N3O2/c1-20(21-10-4-2-5-11-21)28-27(32)24-12-6-7-13-25(24)29-26(31)22-14-16-23(17-15-22)30-18-8-3-9-19-30/h2,4-7,10-17,20H,3,8-9,18-19H2,1H3,(H,28,32)(H,29,31)/t20-/m1/s1. The van der Waals surface area contributed by atoms with E-state index in [1.165, 1.54) is 19.3 Å². The molecule has 0 bridgehead atoms. The van der Waals surface area contributed by atoms with Crippen LogP contribution in [0.2, 0.25) is 0 Å². The summed E-state index contributed by atoms with van der Waals surface area (Å²) in [7, 11) is 0. The van der Waals surface area contributed by atoms with Gasteiger partial charge in [-0.2, -0.15) is 0 Å². The Kier molecular flexibility index (Phi) is 6.85. The Balaban J connectivity index is 1.44. The maximum absolute atomic E-state index is 12.9. The Morgan fingerprint density at radius 1 is 0.781 bits per heavy atom. The van der Waals surface area contributed by atoms with E-state index in [1.807, 2.05) is 67.6 Å². The summed E-state index contributed by atoms with van der Waals surface area (Å²) in [5.41, 5.74) is 3.68. The Morgan fingerprint density at radius 2 is 1.44 bits per heavy atom. The number of anilines is 2. The molecule has 0 aliphatic carbocycles. The van der Waals surface area contributed by atoms with Crippen molar-refractivity contribution in [3.8, 4) is 0 Å². The minimum absolute atomic E-state index is 0.144. The zero-order valence-electron chi connectivity index (χ0n) is 18.4. The summed E-state index contributed by atoms with van der Waals surface area (Å²) in [5.74, 6) is -0.454. The van der Waals surface area contributed by atoms with Crippen LogP contribution in [0.5, 0.6) is 0 Å². The van der Waals surface area contributed by atoms with Crippen molar-refractivity contribution >= 4 is 23.2 Å². The summed E-state index contributed by atoms with van der Waals surface area (Å²) >= 11 is 0. The minimum atomic E-state index is -0.230. The van der Waals surface area contributed by atoms with Crippen LogP contribution in [0.15, 0.2) is 78.9 Å². The van der Waals surface area contributed by atoms with Gasteiger partial charge in [0.1, 0.15) is 0 Å². The zero-order chi connectivity index (χ0) is 22.3. The molecule has 0 spiro atoms. The van der Waals surface area contributed by atoms with Crippen molar-refractivity contribution in [1.29, 1.82) is 0 Å². The molecule has 2 N–H and O–H groups in total. The van der Waals surface area contributed by atoms with Gasteiger partial charge in [-0.3, -0.25) is 9.59 Å². The second-order valence-electron chi connectivity index (χ2n) is 8.20. The topological polar surface area (TPSA) is 61.4 Å². The van der Waals surface area contributed by atoms with Gasteiger partial charge in [0.25, 0.3) is 11.8 Å². The van der Waals surface area contributed by atoms with Crippen molar-refractivity contribution in [2.75, 3.05) is 23.3 Å². The third-order valence-corrected chi connectivity index (χ3v) is 5.92. The van der Waals surface area contributed by atoms with Gasteiger partial charge in [0.2, 0.25) is 0 Å². The van der Waals surface area contributed by atoms with Gasteiger partial charge in [-0.05, 0) is 68.1 Å². The normalized spacial score (nSPS) is 14.5. The summed E-state index contributed by atoms with van der Waals surface area (Å²) in [4.78, 5) is 28.1. The molecule has 1 aliphatic rings. The zero-order valence-corrected chi connectivity index (χ0v) is 18.4. The molecule has 5 nitrogen and oxygen atoms in total. The first-order valence-electron chi connectivity index (χ1n) is 11.2. The fourth-order valence-corrected chi connectivity index (χ4v) is 4.06. The number of benzene rings is 3. The maximum atomic E-state index is 12.9. The Morgan fingerprint density at radius 3 is 2.16 bits per heavy atom. The molecule has 3 aromatic carbocycles. The average Bonchev–Trinajstić information content (AvgIpc) is 2.85. The Hall–Kier alpha value is -3.60. The molecule has 1 saturated heterocycles. The quantitative estimate of drug-likeness (QED) is 0.552. The monoisotopic (exact) mass is 427 g/mol. The number of hydrogen-bond acceptors (Lipinski definition) is 3. The van der Waals surface area contributed by atoms with Gasteiger partial charge >= 0.3 is 0 Å². The number of carbonyl (C=O) groups excluding carboxylic acids is 2. The molecule has 0 radical (unpaired) electrons. The summed E-state index contributed by atoms with van der Waals surface area (Å²) in [6.45, 7) is 4.07. The highest BCUT2D eigenvalue weighted by atomic mass is 16.2. The van der Waals surface area contributed by atoms with E-state index in [4.69, 9.17) is 0 Å². The molecule has 2 amide bonds. The van der Waals surface area contributed by atoms with Crippen LogP contribution < -0.4 is 15.5 Å². The minimum Gasteiger partial charge on any atom is -0.372 e. The summed E-state index contributed by atoms with van der Waals surface area (Å²) in [6, 6.07) is 24.4. The van der Waals surface area contributed by atoms with E-state index in [1.54, 1.807) is 18.2 Å². The van der Waals surface area contributed by atoms with Crippen LogP contribution in [0.1, 0.15) is 58.5 Å². The Labute approximate surface area is 189 Å². The molecule has 5 heteroatoms. The van der Waals surface area contributed by atoms with Crippen molar-refractivity contribution in [2.24, 2.45) is 0 Å². The lowest BCUT2D eigenvalue weighted by molar-refractivity contribution is 0.0941. The summed E-state index contributed by atoms with van der Waals surface area (Å²) in [5, 5.41) is 5.92. The van der Waals surface area contributed by atoms with E-state index in [9.17, 15) is 9.59 Å². The third-order valence-electron chi connectivity index (χ3n) is 5.92. The van der Waals surface area contributed by atoms with Gasteiger partial charge in [0, 0.05) is 24.3 Å². The van der Waals surface area contributed by atoms with E-state index >= 15 is 0 Å². The molecular weight excluding hydrogens is 398 g/mol. The number of nitrogens with zero attached hydrogens (tertiary/aromatic N) is 1. The van der Waals surface area contributed by atoms with E-state index < -0.39 is 0 Å². The van der Waals surface area contributed by atoms with Crippen molar-refractivity contribution in [1.82, 2.24) is 5.32 Å². The highest BCUT2D eigenvalue weighted by Crippen LogP contribution is 2.22. The molecule has 0 saturated carbocycles. The Bertz CT molecular complexity index is 1060. The molecule has 1 fully saturated rings. The number of hydrogen-bond donors (Lipinski definition) is 2. The van der Waals surface area contributed by atoms with Gasteiger partial charge in [-0.15, -0.1) is 0 Å². The predicted molar refractivity (Wildman–Crippen MR) is 129 cm³/mol. The van der Waals surface area contributed by atoms with Crippen molar-refractivity contribution in [3.63, 3.8) is 0 Å². The molecule has 3 aromatic rings. The van der Waals surface area contributed by atoms with Gasteiger partial charge in [-0.25, -0.2) is 0 Å². The largest absolute Gasteiger partial charge is 0.372 e. The van der Waals surface area contributed by atoms with Gasteiger partial charge < -0.3 is 15.5 Å². The van der Waals surface area contributed by atoms with Gasteiger partial charge in [-0.1, -0.05) is 42.5 Å². The van der Waals surface area contributed by atoms with Crippen LogP contribution in [0.25, 0.3) is 0 Å². The molecule has 1 atom stereocenters. The predicted octanol–water partition coefficient (Wildman–Crippen LogP) is 5.42. The van der Waals surface area contributed by atoms with Gasteiger partial charge in [0.05, 0.1) is 17.3 Å². The SMILES string of the molecule is C[C@@H](NC(=O)c1ccccc1NC(=O)c1ccc(N2CCCCC2)cc1)c1ccccc1. The van der Waals surface area contributed by atoms with Crippen molar-refractivity contribution in [2.45, 2.75) is 32.2 Å². The first-order valence-corrected chi connectivity index (χ1v) is 11.2. The lowest BCUT2D eigenvalue weighted by Gasteiger charge is -2.28.